The van der Waals surface area contributed by atoms with E-state index in [0.717, 1.165) is 37.7 Å². The fourth-order valence-electron chi connectivity index (χ4n) is 2.81. The second-order valence-electron chi connectivity index (χ2n) is 5.78. The first-order valence-electron chi connectivity index (χ1n) is 8.41. The molecule has 0 unspecified atom stereocenters. The van der Waals surface area contributed by atoms with E-state index in [1.165, 1.54) is 13.2 Å². The van der Waals surface area contributed by atoms with E-state index >= 15 is 0 Å². The van der Waals surface area contributed by atoms with E-state index < -0.39 is 0 Å². The van der Waals surface area contributed by atoms with E-state index in [1.807, 2.05) is 0 Å². The zero-order valence-corrected chi connectivity index (χ0v) is 14.6. The Labute approximate surface area is 135 Å². The molecule has 0 amide bonds. The van der Waals surface area contributed by atoms with Gasteiger partial charge < -0.3 is 9.47 Å². The van der Waals surface area contributed by atoms with Gasteiger partial charge in [-0.05, 0) is 49.7 Å². The fourth-order valence-corrected chi connectivity index (χ4v) is 2.81. The first-order chi connectivity index (χ1) is 10.5. The Morgan fingerprint density at radius 1 is 1.36 bits per heavy atom. The molecular weight excluding hydrogens is 276 g/mol. The number of methoxy groups -OCH3 is 1. The summed E-state index contributed by atoms with van der Waals surface area (Å²) in [7, 11) is 1.39. The zero-order chi connectivity index (χ0) is 16.6. The van der Waals surface area contributed by atoms with Gasteiger partial charge in [0.2, 0.25) is 0 Å². The molecule has 0 fully saturated rings. The highest BCUT2D eigenvalue weighted by atomic mass is 16.5. The van der Waals surface area contributed by atoms with Crippen molar-refractivity contribution in [3.63, 3.8) is 0 Å². The van der Waals surface area contributed by atoms with Crippen molar-refractivity contribution in [1.82, 2.24) is 0 Å². The average molecular weight is 306 g/mol. The fraction of sp³-hybridized carbons (Fsp3) is 0.632. The van der Waals surface area contributed by atoms with Gasteiger partial charge in [-0.2, -0.15) is 0 Å². The van der Waals surface area contributed by atoms with Gasteiger partial charge in [0.05, 0.1) is 13.2 Å². The van der Waals surface area contributed by atoms with Gasteiger partial charge in [-0.25, -0.2) is 4.79 Å². The van der Waals surface area contributed by atoms with Crippen LogP contribution in [0.1, 0.15) is 59.8 Å². The van der Waals surface area contributed by atoms with Crippen molar-refractivity contribution in [3.8, 4) is 0 Å². The number of allylic oxidation sites excluding steroid dienone is 3. The minimum absolute atomic E-state index is 0.302. The number of rotatable bonds is 8. The highest BCUT2D eigenvalue weighted by Crippen LogP contribution is 2.40. The van der Waals surface area contributed by atoms with Gasteiger partial charge in [-0.3, -0.25) is 0 Å². The topological polar surface area (TPSA) is 35.5 Å². The molecule has 0 radical (unpaired) electrons. The molecule has 0 saturated carbocycles. The molecule has 3 heteroatoms. The minimum Gasteiger partial charge on any atom is -0.483 e. The lowest BCUT2D eigenvalue weighted by atomic mass is 9.86. The smallest absolute Gasteiger partial charge is 0.334 e. The molecule has 1 heterocycles. The third-order valence-corrected chi connectivity index (χ3v) is 4.27. The third kappa shape index (κ3) is 4.75. The zero-order valence-electron chi connectivity index (χ0n) is 14.6. The summed E-state index contributed by atoms with van der Waals surface area (Å²) in [5, 5.41) is 0. The van der Waals surface area contributed by atoms with E-state index in [2.05, 4.69) is 45.9 Å². The standard InChI is InChI=1S/C19H30O3/c1-6-10-11-15(7-2)13-19(9-4)14-16(8-3)17(22-19)12-18(20)21-5/h10-12,14-15H,6-9,13H2,1-5H3/b11-10+,17-12-/t15-,19+/m0/s1. The van der Waals surface area contributed by atoms with Crippen LogP contribution in [-0.2, 0) is 14.3 Å². The monoisotopic (exact) mass is 306 g/mol. The molecule has 0 aromatic rings. The quantitative estimate of drug-likeness (QED) is 0.362. The summed E-state index contributed by atoms with van der Waals surface area (Å²) in [4.78, 5) is 11.5. The van der Waals surface area contributed by atoms with Crippen LogP contribution in [0, 0.1) is 5.92 Å². The maximum atomic E-state index is 11.5. The van der Waals surface area contributed by atoms with Crippen molar-refractivity contribution < 1.29 is 14.3 Å². The van der Waals surface area contributed by atoms with Gasteiger partial charge in [0.15, 0.2) is 0 Å². The number of ether oxygens (including phenoxy) is 2. The van der Waals surface area contributed by atoms with Gasteiger partial charge in [-0.15, -0.1) is 0 Å². The molecule has 0 aliphatic carbocycles. The van der Waals surface area contributed by atoms with Crippen molar-refractivity contribution in [2.75, 3.05) is 7.11 Å². The van der Waals surface area contributed by atoms with E-state index in [9.17, 15) is 4.79 Å². The van der Waals surface area contributed by atoms with Gasteiger partial charge in [0.25, 0.3) is 0 Å². The van der Waals surface area contributed by atoms with E-state index in [-0.39, 0.29) is 11.6 Å². The van der Waals surface area contributed by atoms with Gasteiger partial charge in [-0.1, -0.05) is 39.8 Å². The minimum atomic E-state index is -0.362. The Morgan fingerprint density at radius 2 is 2.09 bits per heavy atom. The largest absolute Gasteiger partial charge is 0.483 e. The molecular formula is C19H30O3. The van der Waals surface area contributed by atoms with Crippen LogP contribution in [0.15, 0.2) is 35.6 Å². The first kappa shape index (κ1) is 18.5. The molecule has 0 N–H and O–H groups in total. The third-order valence-electron chi connectivity index (χ3n) is 4.27. The molecule has 22 heavy (non-hydrogen) atoms. The summed E-state index contributed by atoms with van der Waals surface area (Å²) < 4.78 is 10.9. The highest BCUT2D eigenvalue weighted by Gasteiger charge is 2.37. The summed E-state index contributed by atoms with van der Waals surface area (Å²) in [6.45, 7) is 8.58. The van der Waals surface area contributed by atoms with E-state index in [4.69, 9.17) is 9.47 Å². The van der Waals surface area contributed by atoms with Crippen LogP contribution in [0.3, 0.4) is 0 Å². The number of hydrogen-bond acceptors (Lipinski definition) is 3. The van der Waals surface area contributed by atoms with Crippen molar-refractivity contribution >= 4 is 5.97 Å². The normalized spacial score (nSPS) is 24.4. The lowest BCUT2D eigenvalue weighted by Crippen LogP contribution is -2.28. The maximum absolute atomic E-state index is 11.5. The van der Waals surface area contributed by atoms with E-state index in [1.54, 1.807) is 0 Å². The maximum Gasteiger partial charge on any atom is 0.334 e. The van der Waals surface area contributed by atoms with Crippen molar-refractivity contribution in [2.24, 2.45) is 5.92 Å². The predicted molar refractivity (Wildman–Crippen MR) is 90.4 cm³/mol. The lowest BCUT2D eigenvalue weighted by Gasteiger charge is -2.29. The lowest BCUT2D eigenvalue weighted by molar-refractivity contribution is -0.135. The number of carbonyl (C=O) groups excluding carboxylic acids is 1. The Morgan fingerprint density at radius 3 is 2.59 bits per heavy atom. The van der Waals surface area contributed by atoms with Crippen LogP contribution in [0.25, 0.3) is 0 Å². The van der Waals surface area contributed by atoms with Crippen LogP contribution < -0.4 is 0 Å². The highest BCUT2D eigenvalue weighted by molar-refractivity contribution is 5.83. The number of esters is 1. The predicted octanol–water partition coefficient (Wildman–Crippen LogP) is 4.94. The SMILES string of the molecule is CC/C=C/[C@H](CC)C[C@]1(CC)C=C(CC)/C(=C/C(=O)OC)O1. The summed E-state index contributed by atoms with van der Waals surface area (Å²) in [6, 6.07) is 0. The molecule has 0 spiro atoms. The second-order valence-corrected chi connectivity index (χ2v) is 5.78. The van der Waals surface area contributed by atoms with Crippen molar-refractivity contribution in [1.29, 1.82) is 0 Å². The molecule has 2 atom stereocenters. The van der Waals surface area contributed by atoms with E-state index in [0.29, 0.717) is 11.7 Å². The molecule has 1 rings (SSSR count). The van der Waals surface area contributed by atoms with Gasteiger partial charge in [0.1, 0.15) is 11.4 Å². The summed E-state index contributed by atoms with van der Waals surface area (Å²) >= 11 is 0. The Hall–Kier alpha value is -1.51. The molecule has 124 valence electrons. The first-order valence-corrected chi connectivity index (χ1v) is 8.41. The molecule has 1 aliphatic rings. The van der Waals surface area contributed by atoms with Crippen LogP contribution >= 0.6 is 0 Å². The molecule has 3 nitrogen and oxygen atoms in total. The molecule has 0 aromatic carbocycles. The van der Waals surface area contributed by atoms with Crippen LogP contribution in [0.5, 0.6) is 0 Å². The van der Waals surface area contributed by atoms with Crippen LogP contribution in [0.2, 0.25) is 0 Å². The Kier molecular flexibility index (Phi) is 7.43. The van der Waals surface area contributed by atoms with Crippen molar-refractivity contribution in [3.05, 3.63) is 35.6 Å². The Bertz CT molecular complexity index is 459. The molecule has 0 saturated heterocycles. The van der Waals surface area contributed by atoms with Crippen LogP contribution in [0.4, 0.5) is 0 Å². The number of hydrogen-bond donors (Lipinski definition) is 0. The Balaban J connectivity index is 2.99. The van der Waals surface area contributed by atoms with Gasteiger partial charge in [0, 0.05) is 0 Å². The second kappa shape index (κ2) is 8.82. The molecule has 1 aliphatic heterocycles. The summed E-state index contributed by atoms with van der Waals surface area (Å²) in [5.41, 5.74) is 0.797. The molecule has 0 aromatic heterocycles. The summed E-state index contributed by atoms with van der Waals surface area (Å²) in [5.74, 6) is 0.802. The molecule has 0 bridgehead atoms. The van der Waals surface area contributed by atoms with Gasteiger partial charge >= 0.3 is 5.97 Å². The average Bonchev–Trinajstić information content (AvgIpc) is 2.89. The van der Waals surface area contributed by atoms with Crippen molar-refractivity contribution in [2.45, 2.75) is 65.4 Å². The summed E-state index contributed by atoms with van der Waals surface area (Å²) in [6.07, 6.45) is 13.0. The number of carbonyl (C=O) groups is 1. The van der Waals surface area contributed by atoms with Crippen LogP contribution in [-0.4, -0.2) is 18.7 Å².